The molecule has 126 valence electrons. The predicted molar refractivity (Wildman–Crippen MR) is 79.5 cm³/mol. The van der Waals surface area contributed by atoms with Crippen LogP contribution in [0.25, 0.3) is 0 Å². The molecule has 4 nitrogen and oxygen atoms in total. The number of halogens is 4. The summed E-state index contributed by atoms with van der Waals surface area (Å²) in [5.41, 5.74) is -0.858. The van der Waals surface area contributed by atoms with Gasteiger partial charge in [-0.25, -0.2) is 8.42 Å². The van der Waals surface area contributed by atoms with Gasteiger partial charge in [0, 0.05) is 25.2 Å². The van der Waals surface area contributed by atoms with E-state index in [1.54, 1.807) is 6.92 Å². The predicted octanol–water partition coefficient (Wildman–Crippen LogP) is 2.50. The van der Waals surface area contributed by atoms with Gasteiger partial charge in [-0.2, -0.15) is 17.5 Å². The van der Waals surface area contributed by atoms with E-state index in [1.165, 1.54) is 4.31 Å². The zero-order chi connectivity index (χ0) is 15.8. The van der Waals surface area contributed by atoms with Gasteiger partial charge in [0.2, 0.25) is 10.0 Å². The molecule has 0 amide bonds. The number of sulfonamides is 1. The lowest BCUT2D eigenvalue weighted by Crippen LogP contribution is -2.56. The number of nitrogens with zero attached hydrogens (tertiary/aromatic N) is 1. The van der Waals surface area contributed by atoms with E-state index in [1.807, 2.05) is 6.92 Å². The van der Waals surface area contributed by atoms with Crippen LogP contribution in [0, 0.1) is 0 Å². The summed E-state index contributed by atoms with van der Waals surface area (Å²) in [6.45, 7) is 4.44. The van der Waals surface area contributed by atoms with Crippen molar-refractivity contribution in [3.05, 3.63) is 29.8 Å². The summed E-state index contributed by atoms with van der Waals surface area (Å²) in [5, 5.41) is 3.16. The normalized spacial score (nSPS) is 23.9. The van der Waals surface area contributed by atoms with E-state index in [-0.39, 0.29) is 29.4 Å². The maximum absolute atomic E-state index is 12.5. The highest BCUT2D eigenvalue weighted by molar-refractivity contribution is 7.89. The van der Waals surface area contributed by atoms with Crippen LogP contribution in [0.15, 0.2) is 29.2 Å². The highest BCUT2D eigenvalue weighted by atomic mass is 35.5. The van der Waals surface area contributed by atoms with Gasteiger partial charge in [0.15, 0.2) is 0 Å². The van der Waals surface area contributed by atoms with E-state index in [0.717, 1.165) is 24.3 Å². The van der Waals surface area contributed by atoms with Crippen molar-refractivity contribution in [2.45, 2.75) is 37.0 Å². The van der Waals surface area contributed by atoms with E-state index in [2.05, 4.69) is 5.32 Å². The zero-order valence-electron chi connectivity index (χ0n) is 12.1. The Morgan fingerprint density at radius 1 is 1.18 bits per heavy atom. The number of hydrogen-bond donors (Lipinski definition) is 1. The molecular weight excluding hydrogens is 341 g/mol. The third kappa shape index (κ3) is 3.92. The minimum atomic E-state index is -4.47. The first-order chi connectivity index (χ1) is 9.62. The minimum Gasteiger partial charge on any atom is -0.311 e. The van der Waals surface area contributed by atoms with Crippen LogP contribution in [0.2, 0.25) is 0 Å². The van der Waals surface area contributed by atoms with Gasteiger partial charge >= 0.3 is 6.18 Å². The fourth-order valence-electron chi connectivity index (χ4n) is 2.27. The van der Waals surface area contributed by atoms with E-state index in [4.69, 9.17) is 0 Å². The molecule has 1 aromatic carbocycles. The summed E-state index contributed by atoms with van der Waals surface area (Å²) in [7, 11) is -3.78. The molecule has 2 unspecified atom stereocenters. The van der Waals surface area contributed by atoms with Gasteiger partial charge < -0.3 is 5.32 Å². The number of benzene rings is 1. The SMILES string of the molecule is CC1CN(S(=O)(=O)c2ccc(C(F)(F)F)cc2)C(C)CN1.Cl. The molecule has 0 aromatic heterocycles. The molecule has 1 heterocycles. The summed E-state index contributed by atoms with van der Waals surface area (Å²) >= 11 is 0. The number of alkyl halides is 3. The zero-order valence-corrected chi connectivity index (χ0v) is 13.7. The molecule has 1 fully saturated rings. The molecule has 1 N–H and O–H groups in total. The monoisotopic (exact) mass is 358 g/mol. The topological polar surface area (TPSA) is 49.4 Å². The van der Waals surface area contributed by atoms with Crippen molar-refractivity contribution in [2.24, 2.45) is 0 Å². The Morgan fingerprint density at radius 2 is 1.73 bits per heavy atom. The first kappa shape index (κ1) is 19.2. The molecule has 0 spiro atoms. The molecule has 0 saturated carbocycles. The fraction of sp³-hybridized carbons (Fsp3) is 0.538. The van der Waals surface area contributed by atoms with Crippen molar-refractivity contribution >= 4 is 22.4 Å². The second-order valence-electron chi connectivity index (χ2n) is 5.26. The van der Waals surface area contributed by atoms with Crippen molar-refractivity contribution in [2.75, 3.05) is 13.1 Å². The molecule has 0 radical (unpaired) electrons. The maximum atomic E-state index is 12.5. The second kappa shape index (κ2) is 6.74. The van der Waals surface area contributed by atoms with Gasteiger partial charge in [0.05, 0.1) is 10.5 Å². The average Bonchev–Trinajstić information content (AvgIpc) is 2.40. The van der Waals surface area contributed by atoms with Crippen molar-refractivity contribution in [3.63, 3.8) is 0 Å². The van der Waals surface area contributed by atoms with Gasteiger partial charge in [-0.05, 0) is 38.1 Å². The first-order valence-electron chi connectivity index (χ1n) is 6.55. The van der Waals surface area contributed by atoms with Gasteiger partial charge in [-0.15, -0.1) is 12.4 Å². The van der Waals surface area contributed by atoms with Gasteiger partial charge in [0.1, 0.15) is 0 Å². The Bertz CT molecular complexity index is 605. The van der Waals surface area contributed by atoms with E-state index >= 15 is 0 Å². The number of piperazine rings is 1. The Kier molecular flexibility index (Phi) is 5.88. The molecule has 22 heavy (non-hydrogen) atoms. The maximum Gasteiger partial charge on any atom is 0.416 e. The Balaban J connectivity index is 0.00000242. The molecule has 1 aliphatic heterocycles. The smallest absolute Gasteiger partial charge is 0.311 e. The van der Waals surface area contributed by atoms with Crippen molar-refractivity contribution in [1.82, 2.24) is 9.62 Å². The Hall–Kier alpha value is -0.830. The van der Waals surface area contributed by atoms with Crippen LogP contribution >= 0.6 is 12.4 Å². The van der Waals surface area contributed by atoms with Crippen LogP contribution in [0.3, 0.4) is 0 Å². The molecule has 0 bridgehead atoms. The standard InChI is InChI=1S/C13H17F3N2O2S.ClH/c1-9-8-18(10(2)7-17-9)21(19,20)12-5-3-11(4-6-12)13(14,15)16;/h3-6,9-10,17H,7-8H2,1-2H3;1H. The van der Waals surface area contributed by atoms with Crippen LogP contribution in [0.1, 0.15) is 19.4 Å². The van der Waals surface area contributed by atoms with Crippen LogP contribution in [-0.2, 0) is 16.2 Å². The van der Waals surface area contributed by atoms with Gasteiger partial charge in [0.25, 0.3) is 0 Å². The minimum absolute atomic E-state index is 0. The van der Waals surface area contributed by atoms with Gasteiger partial charge in [-0.1, -0.05) is 0 Å². The van der Waals surface area contributed by atoms with Crippen molar-refractivity contribution < 1.29 is 21.6 Å². The lowest BCUT2D eigenvalue weighted by atomic mass is 10.2. The average molecular weight is 359 g/mol. The first-order valence-corrected chi connectivity index (χ1v) is 7.99. The highest BCUT2D eigenvalue weighted by Gasteiger charge is 2.35. The molecular formula is C13H18ClF3N2O2S. The summed E-state index contributed by atoms with van der Waals surface area (Å²) in [6, 6.07) is 3.38. The molecule has 9 heteroatoms. The third-order valence-electron chi connectivity index (χ3n) is 3.50. The second-order valence-corrected chi connectivity index (χ2v) is 7.15. The van der Waals surface area contributed by atoms with E-state index in [0.29, 0.717) is 13.1 Å². The van der Waals surface area contributed by atoms with Crippen LogP contribution < -0.4 is 5.32 Å². The third-order valence-corrected chi connectivity index (χ3v) is 5.49. The fourth-order valence-corrected chi connectivity index (χ4v) is 3.99. The summed E-state index contributed by atoms with van der Waals surface area (Å²) < 4.78 is 63.9. The Labute approximate surface area is 134 Å². The molecule has 1 aromatic rings. The van der Waals surface area contributed by atoms with Crippen molar-refractivity contribution in [3.8, 4) is 0 Å². The summed E-state index contributed by atoms with van der Waals surface area (Å²) in [4.78, 5) is -0.114. The quantitative estimate of drug-likeness (QED) is 0.883. The van der Waals surface area contributed by atoms with Crippen molar-refractivity contribution in [1.29, 1.82) is 0 Å². The van der Waals surface area contributed by atoms with Gasteiger partial charge in [-0.3, -0.25) is 0 Å². The van der Waals surface area contributed by atoms with E-state index in [9.17, 15) is 21.6 Å². The molecule has 2 atom stereocenters. The number of rotatable bonds is 2. The van der Waals surface area contributed by atoms with Crippen LogP contribution in [0.4, 0.5) is 13.2 Å². The summed E-state index contributed by atoms with van der Waals surface area (Å²) in [5.74, 6) is 0. The largest absolute Gasteiger partial charge is 0.416 e. The van der Waals surface area contributed by atoms with Crippen LogP contribution in [0.5, 0.6) is 0 Å². The highest BCUT2D eigenvalue weighted by Crippen LogP contribution is 2.30. The lowest BCUT2D eigenvalue weighted by Gasteiger charge is -2.36. The molecule has 1 saturated heterocycles. The molecule has 2 rings (SSSR count). The molecule has 1 aliphatic rings. The number of nitrogens with one attached hydrogen (secondary N) is 1. The summed E-state index contributed by atoms with van der Waals surface area (Å²) in [6.07, 6.45) is -4.47. The molecule has 0 aliphatic carbocycles. The lowest BCUT2D eigenvalue weighted by molar-refractivity contribution is -0.137. The van der Waals surface area contributed by atoms with E-state index < -0.39 is 21.8 Å². The Morgan fingerprint density at radius 3 is 2.23 bits per heavy atom. The number of hydrogen-bond acceptors (Lipinski definition) is 3. The van der Waals surface area contributed by atoms with Crippen LogP contribution in [-0.4, -0.2) is 37.9 Å².